The van der Waals surface area contributed by atoms with Crippen LogP contribution < -0.4 is 4.90 Å². The Morgan fingerprint density at radius 1 is 1.25 bits per heavy atom. The van der Waals surface area contributed by atoms with Gasteiger partial charge in [0.1, 0.15) is 0 Å². The summed E-state index contributed by atoms with van der Waals surface area (Å²) in [6, 6.07) is 8.11. The van der Waals surface area contributed by atoms with Gasteiger partial charge in [0.25, 0.3) is 0 Å². The Morgan fingerprint density at radius 2 is 1.94 bits per heavy atom. The quantitative estimate of drug-likeness (QED) is 0.826. The molecule has 0 radical (unpaired) electrons. The molecule has 1 fully saturated rings. The van der Waals surface area contributed by atoms with Crippen LogP contribution in [0.4, 0.5) is 5.69 Å². The number of anilines is 1. The molecule has 0 atom stereocenters. The summed E-state index contributed by atoms with van der Waals surface area (Å²) in [6.45, 7) is 7.04. The average molecular weight is 221 g/mol. The third-order valence-electron chi connectivity index (χ3n) is 2.93. The van der Waals surface area contributed by atoms with Crippen LogP contribution in [-0.4, -0.2) is 31.4 Å². The Hall–Kier alpha value is -1.06. The molecule has 0 aliphatic carbocycles. The van der Waals surface area contributed by atoms with Gasteiger partial charge in [-0.25, -0.2) is 0 Å². The van der Waals surface area contributed by atoms with Crippen molar-refractivity contribution in [2.75, 3.05) is 31.2 Å². The first-order chi connectivity index (χ1) is 7.57. The smallest absolute Gasteiger partial charge is 0.0841 e. The number of benzene rings is 1. The molecule has 1 aliphatic heterocycles. The number of aliphatic hydroxyl groups is 1. The summed E-state index contributed by atoms with van der Waals surface area (Å²) in [6.07, 6.45) is 0. The molecule has 1 aromatic carbocycles. The molecule has 16 heavy (non-hydrogen) atoms. The summed E-state index contributed by atoms with van der Waals surface area (Å²) in [5.74, 6) is 0. The van der Waals surface area contributed by atoms with Crippen LogP contribution in [0.5, 0.6) is 0 Å². The summed E-state index contributed by atoms with van der Waals surface area (Å²) < 4.78 is 5.33. The summed E-state index contributed by atoms with van der Waals surface area (Å²) in [7, 11) is 0. The van der Waals surface area contributed by atoms with E-state index in [9.17, 15) is 5.11 Å². The predicted molar refractivity (Wildman–Crippen MR) is 64.7 cm³/mol. The molecule has 1 aromatic rings. The van der Waals surface area contributed by atoms with Crippen LogP contribution >= 0.6 is 0 Å². The minimum atomic E-state index is -0.775. The van der Waals surface area contributed by atoms with Crippen molar-refractivity contribution in [2.24, 2.45) is 0 Å². The Bertz CT molecular complexity index is 351. The second-order valence-electron chi connectivity index (χ2n) is 4.71. The van der Waals surface area contributed by atoms with Crippen LogP contribution in [0.15, 0.2) is 24.3 Å². The molecule has 3 heteroatoms. The van der Waals surface area contributed by atoms with E-state index in [1.165, 1.54) is 5.69 Å². The van der Waals surface area contributed by atoms with E-state index < -0.39 is 5.60 Å². The molecule has 0 spiro atoms. The summed E-state index contributed by atoms with van der Waals surface area (Å²) in [5, 5.41) is 9.97. The van der Waals surface area contributed by atoms with Gasteiger partial charge in [-0.05, 0) is 31.5 Å². The van der Waals surface area contributed by atoms with Crippen molar-refractivity contribution in [3.63, 3.8) is 0 Å². The molecule has 1 heterocycles. The maximum atomic E-state index is 9.97. The van der Waals surface area contributed by atoms with E-state index in [0.717, 1.165) is 31.9 Å². The highest BCUT2D eigenvalue weighted by Crippen LogP contribution is 2.24. The lowest BCUT2D eigenvalue weighted by atomic mass is 9.98. The van der Waals surface area contributed by atoms with E-state index in [4.69, 9.17) is 4.74 Å². The van der Waals surface area contributed by atoms with Crippen LogP contribution in [0, 0.1) is 0 Å². The number of ether oxygens (including phenoxy) is 1. The maximum Gasteiger partial charge on any atom is 0.0841 e. The van der Waals surface area contributed by atoms with Crippen molar-refractivity contribution in [1.29, 1.82) is 0 Å². The van der Waals surface area contributed by atoms with Crippen LogP contribution in [-0.2, 0) is 10.3 Å². The molecule has 1 N–H and O–H groups in total. The number of nitrogens with zero attached hydrogens (tertiary/aromatic N) is 1. The highest BCUT2D eigenvalue weighted by atomic mass is 16.5. The molecule has 0 bridgehead atoms. The molecule has 1 aliphatic rings. The topological polar surface area (TPSA) is 32.7 Å². The normalized spacial score (nSPS) is 17.6. The van der Waals surface area contributed by atoms with Gasteiger partial charge in [-0.3, -0.25) is 0 Å². The van der Waals surface area contributed by atoms with E-state index in [0.29, 0.717) is 0 Å². The molecular weight excluding hydrogens is 202 g/mol. The van der Waals surface area contributed by atoms with E-state index in [1.54, 1.807) is 0 Å². The minimum Gasteiger partial charge on any atom is -0.386 e. The minimum absolute atomic E-state index is 0.775. The van der Waals surface area contributed by atoms with Gasteiger partial charge in [0.05, 0.1) is 18.8 Å². The molecule has 3 nitrogen and oxygen atoms in total. The SMILES string of the molecule is CC(C)(O)c1cccc(N2CCOCC2)c1. The second-order valence-corrected chi connectivity index (χ2v) is 4.71. The van der Waals surface area contributed by atoms with Crippen molar-refractivity contribution < 1.29 is 9.84 Å². The van der Waals surface area contributed by atoms with Crippen molar-refractivity contribution in [3.05, 3.63) is 29.8 Å². The van der Waals surface area contributed by atoms with Crippen molar-refractivity contribution >= 4 is 5.69 Å². The second kappa shape index (κ2) is 4.44. The molecule has 0 aromatic heterocycles. The first-order valence-electron chi connectivity index (χ1n) is 5.73. The van der Waals surface area contributed by atoms with Crippen LogP contribution in [0.25, 0.3) is 0 Å². The van der Waals surface area contributed by atoms with Gasteiger partial charge >= 0.3 is 0 Å². The van der Waals surface area contributed by atoms with E-state index in [-0.39, 0.29) is 0 Å². The molecule has 0 saturated carbocycles. The van der Waals surface area contributed by atoms with Gasteiger partial charge in [-0.15, -0.1) is 0 Å². The number of rotatable bonds is 2. The van der Waals surface area contributed by atoms with E-state index in [2.05, 4.69) is 17.0 Å². The number of hydrogen-bond donors (Lipinski definition) is 1. The Balaban J connectivity index is 2.21. The Labute approximate surface area is 96.6 Å². The van der Waals surface area contributed by atoms with Gasteiger partial charge in [0.15, 0.2) is 0 Å². The fourth-order valence-electron chi connectivity index (χ4n) is 1.90. The standard InChI is InChI=1S/C13H19NO2/c1-13(2,15)11-4-3-5-12(10-11)14-6-8-16-9-7-14/h3-5,10,15H,6-9H2,1-2H3. The van der Waals surface area contributed by atoms with Crippen molar-refractivity contribution in [2.45, 2.75) is 19.4 Å². The first-order valence-corrected chi connectivity index (χ1v) is 5.73. The monoisotopic (exact) mass is 221 g/mol. The molecule has 2 rings (SSSR count). The fourth-order valence-corrected chi connectivity index (χ4v) is 1.90. The fraction of sp³-hybridized carbons (Fsp3) is 0.538. The average Bonchev–Trinajstić information content (AvgIpc) is 2.29. The van der Waals surface area contributed by atoms with Gasteiger partial charge in [0.2, 0.25) is 0 Å². The van der Waals surface area contributed by atoms with Gasteiger partial charge in [0, 0.05) is 18.8 Å². The van der Waals surface area contributed by atoms with Gasteiger partial charge in [-0.1, -0.05) is 12.1 Å². The number of hydrogen-bond acceptors (Lipinski definition) is 3. The molecule has 1 saturated heterocycles. The van der Waals surface area contributed by atoms with Crippen molar-refractivity contribution in [3.8, 4) is 0 Å². The summed E-state index contributed by atoms with van der Waals surface area (Å²) in [4.78, 5) is 2.29. The largest absolute Gasteiger partial charge is 0.386 e. The predicted octanol–water partition coefficient (Wildman–Crippen LogP) is 1.75. The number of morpholine rings is 1. The summed E-state index contributed by atoms with van der Waals surface area (Å²) >= 11 is 0. The lowest BCUT2D eigenvalue weighted by molar-refractivity contribution is 0.0786. The maximum absolute atomic E-state index is 9.97. The van der Waals surface area contributed by atoms with Crippen LogP contribution in [0.3, 0.4) is 0 Å². The molecule has 0 unspecified atom stereocenters. The summed E-state index contributed by atoms with van der Waals surface area (Å²) in [5.41, 5.74) is 1.35. The van der Waals surface area contributed by atoms with Gasteiger partial charge < -0.3 is 14.7 Å². The Kier molecular flexibility index (Phi) is 3.17. The third-order valence-corrected chi connectivity index (χ3v) is 2.93. The highest BCUT2D eigenvalue weighted by Gasteiger charge is 2.18. The zero-order valence-corrected chi connectivity index (χ0v) is 9.94. The lowest BCUT2D eigenvalue weighted by Crippen LogP contribution is -2.36. The lowest BCUT2D eigenvalue weighted by Gasteiger charge is -2.30. The molecule has 88 valence electrons. The van der Waals surface area contributed by atoms with E-state index >= 15 is 0 Å². The zero-order valence-electron chi connectivity index (χ0n) is 9.94. The Morgan fingerprint density at radius 3 is 2.56 bits per heavy atom. The molecular formula is C13H19NO2. The van der Waals surface area contributed by atoms with Crippen LogP contribution in [0.1, 0.15) is 19.4 Å². The van der Waals surface area contributed by atoms with Crippen molar-refractivity contribution in [1.82, 2.24) is 0 Å². The highest BCUT2D eigenvalue weighted by molar-refractivity contribution is 5.49. The van der Waals surface area contributed by atoms with E-state index in [1.807, 2.05) is 26.0 Å². The van der Waals surface area contributed by atoms with Crippen LogP contribution in [0.2, 0.25) is 0 Å². The molecule has 0 amide bonds. The third kappa shape index (κ3) is 2.54. The zero-order chi connectivity index (χ0) is 11.6. The first kappa shape index (κ1) is 11.4. The van der Waals surface area contributed by atoms with Gasteiger partial charge in [-0.2, -0.15) is 0 Å².